The molecule has 0 aromatic heterocycles. The van der Waals surface area contributed by atoms with E-state index in [0.29, 0.717) is 19.8 Å². The van der Waals surface area contributed by atoms with Crippen molar-refractivity contribution >= 4 is 8.07 Å². The molecule has 2 fully saturated rings. The molecule has 0 saturated carbocycles. The van der Waals surface area contributed by atoms with Crippen molar-refractivity contribution in [2.24, 2.45) is 0 Å². The van der Waals surface area contributed by atoms with Crippen molar-refractivity contribution in [1.29, 1.82) is 0 Å². The Bertz CT molecular complexity index is 827. The quantitative estimate of drug-likeness (QED) is 0.600. The fraction of sp³-hybridized carbons (Fsp3) is 0.520. The normalized spacial score (nSPS) is 30.6. The van der Waals surface area contributed by atoms with Crippen molar-refractivity contribution in [2.45, 2.75) is 69.3 Å². The molecule has 174 valence electrons. The number of aliphatic hydroxyl groups is 1. The van der Waals surface area contributed by atoms with Crippen molar-refractivity contribution in [3.05, 3.63) is 71.8 Å². The van der Waals surface area contributed by atoms with E-state index in [4.69, 9.17) is 23.7 Å². The largest absolute Gasteiger partial charge is 0.385 e. The van der Waals surface area contributed by atoms with Gasteiger partial charge in [-0.2, -0.15) is 0 Å². The Hall–Kier alpha value is -1.58. The first kappa shape index (κ1) is 23.6. The Labute approximate surface area is 191 Å². The van der Waals surface area contributed by atoms with Crippen LogP contribution in [0.15, 0.2) is 60.7 Å². The first-order valence-corrected chi connectivity index (χ1v) is 15.0. The third-order valence-electron chi connectivity index (χ3n) is 5.80. The standard InChI is InChI=1S/C25H34O6Si/c1-32(2,3)15-14-27-25-21(26)23(28-16-18-10-6-4-7-11-18)22-20(30-25)17-29-24(31-22)19-12-8-5-9-13-19/h4-13,20-26H,14-17H2,1-3H3/t20-,21-,22-,23-,24?,25-/m1/s1. The third-order valence-corrected chi connectivity index (χ3v) is 7.50. The van der Waals surface area contributed by atoms with Crippen LogP contribution < -0.4 is 0 Å². The summed E-state index contributed by atoms with van der Waals surface area (Å²) in [6.45, 7) is 8.15. The molecule has 32 heavy (non-hydrogen) atoms. The van der Waals surface area contributed by atoms with Crippen LogP contribution in [0.4, 0.5) is 0 Å². The summed E-state index contributed by atoms with van der Waals surface area (Å²) in [6.07, 6.45) is -3.70. The minimum absolute atomic E-state index is 0.343. The lowest BCUT2D eigenvalue weighted by Crippen LogP contribution is -2.63. The van der Waals surface area contributed by atoms with E-state index in [1.807, 2.05) is 60.7 Å². The van der Waals surface area contributed by atoms with E-state index in [0.717, 1.165) is 17.2 Å². The molecule has 2 heterocycles. The van der Waals surface area contributed by atoms with Crippen LogP contribution in [0.1, 0.15) is 17.4 Å². The molecule has 0 bridgehead atoms. The lowest BCUT2D eigenvalue weighted by molar-refractivity contribution is -0.366. The van der Waals surface area contributed by atoms with Crippen LogP contribution in [-0.4, -0.2) is 57.1 Å². The second-order valence-electron chi connectivity index (χ2n) is 9.65. The number of rotatable bonds is 8. The number of aliphatic hydroxyl groups excluding tert-OH is 1. The molecule has 0 radical (unpaired) electrons. The average Bonchev–Trinajstić information content (AvgIpc) is 2.79. The number of fused-ring (bicyclic) bond motifs is 1. The topological polar surface area (TPSA) is 66.4 Å². The van der Waals surface area contributed by atoms with Gasteiger partial charge in [-0.15, -0.1) is 0 Å². The molecule has 4 rings (SSSR count). The maximum atomic E-state index is 11.1. The van der Waals surface area contributed by atoms with Gasteiger partial charge in [0.1, 0.15) is 24.4 Å². The summed E-state index contributed by atoms with van der Waals surface area (Å²) >= 11 is 0. The van der Waals surface area contributed by atoms with Gasteiger partial charge in [0.05, 0.1) is 13.2 Å². The van der Waals surface area contributed by atoms with Crippen LogP contribution in [-0.2, 0) is 30.3 Å². The minimum atomic E-state index is -1.26. The second-order valence-corrected chi connectivity index (χ2v) is 15.3. The Kier molecular flexibility index (Phi) is 7.78. The average molecular weight is 459 g/mol. The molecular weight excluding hydrogens is 424 g/mol. The highest BCUT2D eigenvalue weighted by Crippen LogP contribution is 2.36. The van der Waals surface area contributed by atoms with E-state index in [2.05, 4.69) is 19.6 Å². The van der Waals surface area contributed by atoms with E-state index in [9.17, 15) is 5.11 Å². The first-order chi connectivity index (χ1) is 15.4. The van der Waals surface area contributed by atoms with Gasteiger partial charge in [-0.3, -0.25) is 0 Å². The molecular formula is C25H34O6Si. The number of benzene rings is 2. The number of ether oxygens (including phenoxy) is 5. The Morgan fingerprint density at radius 3 is 2.31 bits per heavy atom. The Morgan fingerprint density at radius 2 is 1.62 bits per heavy atom. The van der Waals surface area contributed by atoms with Gasteiger partial charge in [0.2, 0.25) is 0 Å². The summed E-state index contributed by atoms with van der Waals surface area (Å²) in [7, 11) is -1.26. The van der Waals surface area contributed by atoms with Crippen LogP contribution in [0.3, 0.4) is 0 Å². The summed E-state index contributed by atoms with van der Waals surface area (Å²) < 4.78 is 30.5. The monoisotopic (exact) mass is 458 g/mol. The fourth-order valence-corrected chi connectivity index (χ4v) is 4.65. The van der Waals surface area contributed by atoms with Gasteiger partial charge in [-0.25, -0.2) is 0 Å². The fourth-order valence-electron chi connectivity index (χ4n) is 3.92. The third kappa shape index (κ3) is 6.05. The molecule has 2 aliphatic heterocycles. The van der Waals surface area contributed by atoms with Crippen molar-refractivity contribution < 1.29 is 28.8 Å². The van der Waals surface area contributed by atoms with Gasteiger partial charge in [0, 0.05) is 20.2 Å². The van der Waals surface area contributed by atoms with E-state index >= 15 is 0 Å². The second kappa shape index (κ2) is 10.6. The highest BCUT2D eigenvalue weighted by atomic mass is 28.3. The van der Waals surface area contributed by atoms with Crippen LogP contribution in [0.5, 0.6) is 0 Å². The van der Waals surface area contributed by atoms with Crippen LogP contribution >= 0.6 is 0 Å². The van der Waals surface area contributed by atoms with E-state index in [1.165, 1.54) is 0 Å². The lowest BCUT2D eigenvalue weighted by atomic mass is 9.97. The molecule has 0 spiro atoms. The molecule has 6 nitrogen and oxygen atoms in total. The molecule has 6 atom stereocenters. The molecule has 7 heteroatoms. The number of hydrogen-bond donors (Lipinski definition) is 1. The summed E-state index contributed by atoms with van der Waals surface area (Å²) in [5.41, 5.74) is 1.96. The molecule has 1 N–H and O–H groups in total. The van der Waals surface area contributed by atoms with Gasteiger partial charge in [-0.05, 0) is 11.6 Å². The van der Waals surface area contributed by atoms with E-state index in [-0.39, 0.29) is 6.10 Å². The summed E-state index contributed by atoms with van der Waals surface area (Å²) in [5.74, 6) is 0. The maximum Gasteiger partial charge on any atom is 0.186 e. The zero-order valence-corrected chi connectivity index (χ0v) is 20.1. The van der Waals surface area contributed by atoms with Crippen LogP contribution in [0.25, 0.3) is 0 Å². The summed E-state index contributed by atoms with van der Waals surface area (Å²) in [6, 6.07) is 20.7. The highest BCUT2D eigenvalue weighted by Gasteiger charge is 2.50. The van der Waals surface area contributed by atoms with E-state index in [1.54, 1.807) is 0 Å². The van der Waals surface area contributed by atoms with Crippen molar-refractivity contribution in [3.63, 3.8) is 0 Å². The van der Waals surface area contributed by atoms with E-state index < -0.39 is 39.0 Å². The molecule has 2 aliphatic rings. The van der Waals surface area contributed by atoms with Gasteiger partial charge < -0.3 is 28.8 Å². The predicted molar refractivity (Wildman–Crippen MR) is 124 cm³/mol. The van der Waals surface area contributed by atoms with Crippen LogP contribution in [0.2, 0.25) is 25.7 Å². The lowest BCUT2D eigenvalue weighted by Gasteiger charge is -2.47. The molecule has 2 saturated heterocycles. The molecule has 1 unspecified atom stereocenters. The minimum Gasteiger partial charge on any atom is -0.385 e. The molecule has 0 aliphatic carbocycles. The maximum absolute atomic E-state index is 11.1. The summed E-state index contributed by atoms with van der Waals surface area (Å²) in [4.78, 5) is 0. The van der Waals surface area contributed by atoms with Crippen molar-refractivity contribution in [1.82, 2.24) is 0 Å². The van der Waals surface area contributed by atoms with Gasteiger partial charge in [-0.1, -0.05) is 80.3 Å². The molecule has 2 aromatic rings. The molecule has 0 amide bonds. The Balaban J connectivity index is 1.48. The number of hydrogen-bond acceptors (Lipinski definition) is 6. The van der Waals surface area contributed by atoms with Crippen LogP contribution in [0, 0.1) is 0 Å². The Morgan fingerprint density at radius 1 is 0.938 bits per heavy atom. The van der Waals surface area contributed by atoms with Gasteiger partial charge >= 0.3 is 0 Å². The predicted octanol–water partition coefficient (Wildman–Crippen LogP) is 4.13. The molecule has 2 aromatic carbocycles. The first-order valence-electron chi connectivity index (χ1n) is 11.3. The summed E-state index contributed by atoms with van der Waals surface area (Å²) in [5, 5.41) is 11.1. The van der Waals surface area contributed by atoms with Gasteiger partial charge in [0.15, 0.2) is 12.6 Å². The SMILES string of the molecule is C[Si](C)(C)CCO[C@@H]1O[C@@H]2COC(c3ccccc3)O[C@H]2[C@H](OCc2ccccc2)[C@H]1O. The zero-order valence-electron chi connectivity index (χ0n) is 19.1. The zero-order chi connectivity index (χ0) is 22.6. The van der Waals surface area contributed by atoms with Crippen molar-refractivity contribution in [2.75, 3.05) is 13.2 Å². The van der Waals surface area contributed by atoms with Gasteiger partial charge in [0.25, 0.3) is 0 Å². The van der Waals surface area contributed by atoms with Crippen molar-refractivity contribution in [3.8, 4) is 0 Å². The highest BCUT2D eigenvalue weighted by molar-refractivity contribution is 6.76. The smallest absolute Gasteiger partial charge is 0.186 e.